The lowest BCUT2D eigenvalue weighted by Gasteiger charge is -2.25. The highest BCUT2D eigenvalue weighted by molar-refractivity contribution is 7.89. The van der Waals surface area contributed by atoms with Crippen molar-refractivity contribution in [1.82, 2.24) is 4.72 Å². The van der Waals surface area contributed by atoms with Gasteiger partial charge in [-0.2, -0.15) is 0 Å². The van der Waals surface area contributed by atoms with Gasteiger partial charge in [0.1, 0.15) is 5.82 Å². The molecule has 206 valence electrons. The highest BCUT2D eigenvalue weighted by Crippen LogP contribution is 2.34. The maximum atomic E-state index is 13.3. The number of unbranched alkanes of at least 4 members (excludes halogenated alkanes) is 1. The Morgan fingerprint density at radius 2 is 1.64 bits per heavy atom. The van der Waals surface area contributed by atoms with Gasteiger partial charge in [0.05, 0.1) is 17.6 Å². The van der Waals surface area contributed by atoms with E-state index in [1.165, 1.54) is 12.1 Å². The minimum Gasteiger partial charge on any atom is -0.481 e. The molecule has 0 heterocycles. The van der Waals surface area contributed by atoms with Gasteiger partial charge >= 0.3 is 5.97 Å². The second-order valence-electron chi connectivity index (χ2n) is 9.83. The van der Waals surface area contributed by atoms with Crippen LogP contribution in [0.4, 0.5) is 4.39 Å². The summed E-state index contributed by atoms with van der Waals surface area (Å²) in [4.78, 5) is 10.8. The van der Waals surface area contributed by atoms with Crippen LogP contribution in [0.15, 0.2) is 95.9 Å². The lowest BCUT2D eigenvalue weighted by molar-refractivity contribution is -0.137. The molecule has 3 aromatic rings. The first-order valence-corrected chi connectivity index (χ1v) is 14.7. The number of aliphatic carboxylic acids is 1. The normalized spacial score (nSPS) is 19.5. The fourth-order valence-corrected chi connectivity index (χ4v) is 6.27. The SMILES string of the molecule is O=C(O)CCC/C=C\C[C@@H]1[C@@H](NS(=O)(=O)c2ccc(F)cc2)CC[C@@H]1OCc1ccc(-c2ccccc2)cc1. The third-order valence-electron chi connectivity index (χ3n) is 7.05. The van der Waals surface area contributed by atoms with E-state index >= 15 is 0 Å². The van der Waals surface area contributed by atoms with Gasteiger partial charge in [0.25, 0.3) is 0 Å². The van der Waals surface area contributed by atoms with Crippen molar-refractivity contribution in [2.24, 2.45) is 5.92 Å². The lowest BCUT2D eigenvalue weighted by Crippen LogP contribution is -2.39. The van der Waals surface area contributed by atoms with Crippen LogP contribution in [0.2, 0.25) is 0 Å². The Labute approximate surface area is 229 Å². The maximum Gasteiger partial charge on any atom is 0.303 e. The monoisotopic (exact) mass is 551 g/mol. The van der Waals surface area contributed by atoms with Crippen molar-refractivity contribution in [2.45, 2.75) is 62.2 Å². The van der Waals surface area contributed by atoms with E-state index < -0.39 is 21.8 Å². The molecule has 0 radical (unpaired) electrons. The number of sulfonamides is 1. The van der Waals surface area contributed by atoms with Gasteiger partial charge in [-0.05, 0) is 73.1 Å². The standard InChI is InChI=1S/C31H34FNO5S/c32-26-16-18-27(19-17-26)39(36,37)33-29-20-21-30(28(29)10-6-1-2-7-11-31(34)35)38-22-23-12-14-25(15-13-23)24-8-4-3-5-9-24/h1,3-6,8-9,12-19,28-30,33H,2,7,10-11,20-22H2,(H,34,35)/b6-1-/t28-,29+,30+/m1/s1. The molecule has 0 aliphatic heterocycles. The van der Waals surface area contributed by atoms with Gasteiger partial charge in [-0.15, -0.1) is 0 Å². The average molecular weight is 552 g/mol. The van der Waals surface area contributed by atoms with Crippen LogP contribution in [-0.2, 0) is 26.2 Å². The zero-order chi connectivity index (χ0) is 27.7. The summed E-state index contributed by atoms with van der Waals surface area (Å²) in [5.74, 6) is -1.41. The van der Waals surface area contributed by atoms with E-state index in [1.807, 2.05) is 42.5 Å². The quantitative estimate of drug-likeness (QED) is 0.191. The summed E-state index contributed by atoms with van der Waals surface area (Å²) < 4.78 is 48.5. The molecule has 8 heteroatoms. The number of allylic oxidation sites excluding steroid dienone is 2. The Morgan fingerprint density at radius 3 is 2.33 bits per heavy atom. The largest absolute Gasteiger partial charge is 0.481 e. The van der Waals surface area contributed by atoms with E-state index in [2.05, 4.69) is 29.0 Å². The van der Waals surface area contributed by atoms with Crippen molar-refractivity contribution in [1.29, 1.82) is 0 Å². The highest BCUT2D eigenvalue weighted by atomic mass is 32.2. The number of nitrogens with one attached hydrogen (secondary N) is 1. The maximum absolute atomic E-state index is 13.3. The molecule has 0 amide bonds. The fraction of sp³-hybridized carbons (Fsp3) is 0.323. The van der Waals surface area contributed by atoms with Crippen LogP contribution in [0.5, 0.6) is 0 Å². The fourth-order valence-electron chi connectivity index (χ4n) is 4.95. The Morgan fingerprint density at radius 1 is 0.949 bits per heavy atom. The molecule has 2 N–H and O–H groups in total. The number of hydrogen-bond acceptors (Lipinski definition) is 4. The summed E-state index contributed by atoms with van der Waals surface area (Å²) >= 11 is 0. The van der Waals surface area contributed by atoms with Gasteiger partial charge in [-0.3, -0.25) is 4.79 Å². The van der Waals surface area contributed by atoms with Crippen molar-refractivity contribution in [2.75, 3.05) is 0 Å². The first-order valence-electron chi connectivity index (χ1n) is 13.2. The Bertz CT molecular complexity index is 1340. The molecule has 0 aromatic heterocycles. The molecule has 1 aliphatic rings. The minimum atomic E-state index is -3.83. The number of benzene rings is 3. The van der Waals surface area contributed by atoms with Crippen molar-refractivity contribution < 1.29 is 27.4 Å². The van der Waals surface area contributed by atoms with Crippen LogP contribution >= 0.6 is 0 Å². The number of hydrogen-bond donors (Lipinski definition) is 2. The van der Waals surface area contributed by atoms with Gasteiger partial charge in [-0.1, -0.05) is 66.7 Å². The molecule has 3 aromatic carbocycles. The summed E-state index contributed by atoms with van der Waals surface area (Å²) in [7, 11) is -3.83. The third-order valence-corrected chi connectivity index (χ3v) is 8.55. The average Bonchev–Trinajstić information content (AvgIpc) is 3.30. The predicted molar refractivity (Wildman–Crippen MR) is 149 cm³/mol. The molecule has 4 rings (SSSR count). The Kier molecular flexibility index (Phi) is 10.0. The van der Waals surface area contributed by atoms with Crippen LogP contribution in [0.25, 0.3) is 11.1 Å². The van der Waals surface area contributed by atoms with Gasteiger partial charge in [0.15, 0.2) is 0 Å². The summed E-state index contributed by atoms with van der Waals surface area (Å²) in [6, 6.07) is 22.8. The van der Waals surface area contributed by atoms with Crippen LogP contribution in [-0.4, -0.2) is 31.6 Å². The van der Waals surface area contributed by atoms with E-state index in [-0.39, 0.29) is 29.4 Å². The molecule has 0 bridgehead atoms. The van der Waals surface area contributed by atoms with E-state index in [1.54, 1.807) is 0 Å². The van der Waals surface area contributed by atoms with Gasteiger partial charge in [0, 0.05) is 18.4 Å². The lowest BCUT2D eigenvalue weighted by atomic mass is 9.97. The Balaban J connectivity index is 1.41. The highest BCUT2D eigenvalue weighted by Gasteiger charge is 2.38. The van der Waals surface area contributed by atoms with Crippen molar-refractivity contribution in [3.8, 4) is 11.1 Å². The van der Waals surface area contributed by atoms with Gasteiger partial charge in [0.2, 0.25) is 10.0 Å². The number of ether oxygens (including phenoxy) is 1. The first kappa shape index (κ1) is 28.7. The second kappa shape index (κ2) is 13.6. The first-order chi connectivity index (χ1) is 18.8. The summed E-state index contributed by atoms with van der Waals surface area (Å²) in [5, 5.41) is 8.83. The number of carboxylic acids is 1. The minimum absolute atomic E-state index is 0.0229. The molecular weight excluding hydrogens is 517 g/mol. The van der Waals surface area contributed by atoms with Crippen molar-refractivity contribution >= 4 is 16.0 Å². The predicted octanol–water partition coefficient (Wildman–Crippen LogP) is 6.34. The van der Waals surface area contributed by atoms with E-state index in [9.17, 15) is 17.6 Å². The summed E-state index contributed by atoms with van der Waals surface area (Å²) in [5.41, 5.74) is 3.31. The zero-order valence-corrected chi connectivity index (χ0v) is 22.5. The molecule has 6 nitrogen and oxygen atoms in total. The molecule has 3 atom stereocenters. The van der Waals surface area contributed by atoms with Crippen LogP contribution < -0.4 is 4.72 Å². The van der Waals surface area contributed by atoms with Crippen molar-refractivity contribution in [3.63, 3.8) is 0 Å². The summed E-state index contributed by atoms with van der Waals surface area (Å²) in [6.07, 6.45) is 7.02. The van der Waals surface area contributed by atoms with Crippen LogP contribution in [0.3, 0.4) is 0 Å². The molecule has 1 fully saturated rings. The van der Waals surface area contributed by atoms with E-state index in [0.29, 0.717) is 38.7 Å². The molecule has 0 saturated heterocycles. The molecule has 0 unspecified atom stereocenters. The summed E-state index contributed by atoms with van der Waals surface area (Å²) in [6.45, 7) is 0.413. The Hall–Kier alpha value is -3.33. The topological polar surface area (TPSA) is 92.7 Å². The van der Waals surface area contributed by atoms with E-state index in [4.69, 9.17) is 9.84 Å². The number of halogens is 1. The number of rotatable bonds is 13. The molecule has 1 saturated carbocycles. The zero-order valence-electron chi connectivity index (χ0n) is 21.7. The smallest absolute Gasteiger partial charge is 0.303 e. The molecule has 39 heavy (non-hydrogen) atoms. The second-order valence-corrected chi connectivity index (χ2v) is 11.5. The molecular formula is C31H34FNO5S. The number of carboxylic acid groups (broad SMARTS) is 1. The van der Waals surface area contributed by atoms with Gasteiger partial charge < -0.3 is 9.84 Å². The van der Waals surface area contributed by atoms with Crippen molar-refractivity contribution in [3.05, 3.63) is 102 Å². The molecule has 1 aliphatic carbocycles. The molecule has 0 spiro atoms. The van der Waals surface area contributed by atoms with Crippen LogP contribution in [0, 0.1) is 11.7 Å². The van der Waals surface area contributed by atoms with Crippen LogP contribution in [0.1, 0.15) is 44.1 Å². The van der Waals surface area contributed by atoms with Gasteiger partial charge in [-0.25, -0.2) is 17.5 Å². The number of carbonyl (C=O) groups is 1. The van der Waals surface area contributed by atoms with E-state index in [0.717, 1.165) is 28.8 Å². The third kappa shape index (κ3) is 8.33.